The Hall–Kier alpha value is -1.68. The number of hydrogen-bond acceptors (Lipinski definition) is 8. The molecule has 0 bridgehead atoms. The van der Waals surface area contributed by atoms with Crippen molar-refractivity contribution < 1.29 is 19.8 Å². The van der Waals surface area contributed by atoms with Gasteiger partial charge >= 0.3 is 6.03 Å². The molecule has 1 aliphatic rings. The highest BCUT2D eigenvalue weighted by molar-refractivity contribution is 4.70. The molecule has 0 unspecified atom stereocenters. The van der Waals surface area contributed by atoms with Crippen LogP contribution in [0.4, 0.5) is 0 Å². The van der Waals surface area contributed by atoms with E-state index >= 15 is 0 Å². The van der Waals surface area contributed by atoms with Crippen LogP contribution in [0.3, 0.4) is 0 Å². The van der Waals surface area contributed by atoms with Gasteiger partial charge in [0.25, 0.3) is 10.2 Å². The van der Waals surface area contributed by atoms with E-state index in [2.05, 4.69) is 20.3 Å². The molecule has 0 aliphatic carbocycles. The first kappa shape index (κ1) is 9.41. The Balaban J connectivity index is 2.62. The minimum Gasteiger partial charge on any atom is -0.253 e. The van der Waals surface area contributed by atoms with Crippen LogP contribution in [0.2, 0.25) is 0 Å². The summed E-state index contributed by atoms with van der Waals surface area (Å²) in [5, 5.41) is 22.1. The Kier molecular flexibility index (Phi) is 2.44. The Morgan fingerprint density at radius 3 is 1.77 bits per heavy atom. The predicted octanol–water partition coefficient (Wildman–Crippen LogP) is -1.79. The zero-order valence-corrected chi connectivity index (χ0v) is 6.26. The topological polar surface area (TPSA) is 129 Å². The van der Waals surface area contributed by atoms with Crippen LogP contribution in [0.15, 0.2) is 0 Å². The zero-order valence-electron chi connectivity index (χ0n) is 6.26. The summed E-state index contributed by atoms with van der Waals surface area (Å²) in [5.41, 5.74) is 0. The quantitative estimate of drug-likeness (QED) is 0.305. The third-order valence-corrected chi connectivity index (χ3v) is 1.25. The summed E-state index contributed by atoms with van der Waals surface area (Å²) < 4.78 is 0. The minimum absolute atomic E-state index is 0.266. The molecule has 1 fully saturated rings. The van der Waals surface area contributed by atoms with Gasteiger partial charge in [0.15, 0.2) is 0 Å². The summed E-state index contributed by atoms with van der Waals surface area (Å²) >= 11 is 0. The highest BCUT2D eigenvalue weighted by Crippen LogP contribution is 2.09. The summed E-state index contributed by atoms with van der Waals surface area (Å²) in [6, 6.07) is -2.16. The molecule has 0 atom stereocenters. The molecule has 10 heteroatoms. The molecule has 13 heavy (non-hydrogen) atoms. The van der Waals surface area contributed by atoms with Crippen LogP contribution < -0.4 is 10.6 Å². The largest absolute Gasteiger partial charge is 0.374 e. The van der Waals surface area contributed by atoms with Crippen molar-refractivity contribution in [2.45, 2.75) is 6.03 Å². The van der Waals surface area contributed by atoms with E-state index in [4.69, 9.17) is 0 Å². The maximum absolute atomic E-state index is 9.94. The number of hydrogen-bond donors (Lipinski definition) is 2. The molecular formula is C3H6N4O6. The molecule has 1 heterocycles. The average molecular weight is 194 g/mol. The fourth-order valence-electron chi connectivity index (χ4n) is 0.872. The molecule has 0 spiro atoms. The molecule has 1 aliphatic heterocycles. The van der Waals surface area contributed by atoms with E-state index in [1.54, 1.807) is 0 Å². The second-order valence-electron chi connectivity index (χ2n) is 2.10. The molecular weight excluding hydrogens is 188 g/mol. The first-order valence-corrected chi connectivity index (χ1v) is 3.21. The summed E-state index contributed by atoms with van der Waals surface area (Å²) in [4.78, 5) is 27.8. The number of nitrogens with zero attached hydrogens (tertiary/aromatic N) is 2. The van der Waals surface area contributed by atoms with E-state index in [1.807, 2.05) is 0 Å². The lowest BCUT2D eigenvalue weighted by atomic mass is 10.7. The summed E-state index contributed by atoms with van der Waals surface area (Å²) in [5.74, 6) is 0. The SMILES string of the molecule is O=[N+]([O-])OC1(O[N+](=O)[O-])NCCN1. The molecule has 74 valence electrons. The minimum atomic E-state index is -2.16. The van der Waals surface area contributed by atoms with Crippen LogP contribution >= 0.6 is 0 Å². The molecule has 0 amide bonds. The lowest BCUT2D eigenvalue weighted by Gasteiger charge is -2.22. The van der Waals surface area contributed by atoms with Gasteiger partial charge in [0.05, 0.1) is 0 Å². The summed E-state index contributed by atoms with van der Waals surface area (Å²) in [6.45, 7) is 0.531. The molecule has 10 nitrogen and oxygen atoms in total. The van der Waals surface area contributed by atoms with Crippen molar-refractivity contribution in [1.82, 2.24) is 10.6 Å². The maximum atomic E-state index is 9.94. The van der Waals surface area contributed by atoms with Gasteiger partial charge in [-0.3, -0.25) is 10.6 Å². The first-order valence-electron chi connectivity index (χ1n) is 3.21. The smallest absolute Gasteiger partial charge is 0.253 e. The Labute approximate surface area is 71.0 Å². The fraction of sp³-hybridized carbons (Fsp3) is 1.00. The van der Waals surface area contributed by atoms with Gasteiger partial charge in [-0.2, -0.15) is 0 Å². The zero-order chi connectivity index (χ0) is 9.90. The van der Waals surface area contributed by atoms with Gasteiger partial charge < -0.3 is 0 Å². The van der Waals surface area contributed by atoms with Crippen LogP contribution in [-0.4, -0.2) is 29.3 Å². The Morgan fingerprint density at radius 1 is 1.08 bits per heavy atom. The fourth-order valence-corrected chi connectivity index (χ4v) is 0.872. The average Bonchev–Trinajstić information content (AvgIpc) is 2.33. The Bertz CT molecular complexity index is 206. The highest BCUT2D eigenvalue weighted by Gasteiger charge is 2.41. The van der Waals surface area contributed by atoms with Crippen molar-refractivity contribution in [2.24, 2.45) is 0 Å². The third kappa shape index (κ3) is 2.38. The molecule has 0 aromatic rings. The van der Waals surface area contributed by atoms with Crippen LogP contribution in [0, 0.1) is 20.2 Å². The summed E-state index contributed by atoms with van der Waals surface area (Å²) in [6.07, 6.45) is 0. The second kappa shape index (κ2) is 3.37. The normalized spacial score (nSPS) is 19.4. The standard InChI is InChI=1S/C3H6N4O6/c8-6(9)12-3(13-7(10)11)4-1-2-5-3/h4-5H,1-2H2. The highest BCUT2D eigenvalue weighted by atomic mass is 17.1. The summed E-state index contributed by atoms with van der Waals surface area (Å²) in [7, 11) is 0. The van der Waals surface area contributed by atoms with E-state index in [0.29, 0.717) is 0 Å². The van der Waals surface area contributed by atoms with Crippen LogP contribution in [0.1, 0.15) is 0 Å². The molecule has 1 saturated heterocycles. The lowest BCUT2D eigenvalue weighted by molar-refractivity contribution is -0.877. The molecule has 0 radical (unpaired) electrons. The second-order valence-corrected chi connectivity index (χ2v) is 2.10. The first-order chi connectivity index (χ1) is 6.04. The molecule has 0 saturated carbocycles. The lowest BCUT2D eigenvalue weighted by Crippen LogP contribution is -2.56. The van der Waals surface area contributed by atoms with Gasteiger partial charge in [-0.25, -0.2) is 9.68 Å². The van der Waals surface area contributed by atoms with Crippen LogP contribution in [0.5, 0.6) is 0 Å². The number of nitrogens with one attached hydrogen (secondary N) is 2. The van der Waals surface area contributed by atoms with Gasteiger partial charge in [0, 0.05) is 13.1 Å². The van der Waals surface area contributed by atoms with Gasteiger partial charge in [0.1, 0.15) is 0 Å². The van der Waals surface area contributed by atoms with Gasteiger partial charge in [-0.15, -0.1) is 20.2 Å². The van der Waals surface area contributed by atoms with E-state index in [-0.39, 0.29) is 13.1 Å². The van der Waals surface area contributed by atoms with E-state index in [9.17, 15) is 20.2 Å². The van der Waals surface area contributed by atoms with Gasteiger partial charge in [-0.05, 0) is 0 Å². The van der Waals surface area contributed by atoms with E-state index in [0.717, 1.165) is 0 Å². The monoisotopic (exact) mass is 194 g/mol. The molecule has 0 aromatic carbocycles. The molecule has 0 aromatic heterocycles. The number of rotatable bonds is 4. The van der Waals surface area contributed by atoms with Gasteiger partial charge in [-0.1, -0.05) is 0 Å². The van der Waals surface area contributed by atoms with Crippen LogP contribution in [-0.2, 0) is 9.68 Å². The molecule has 2 N–H and O–H groups in total. The van der Waals surface area contributed by atoms with E-state index in [1.165, 1.54) is 0 Å². The van der Waals surface area contributed by atoms with Crippen molar-refractivity contribution in [3.63, 3.8) is 0 Å². The van der Waals surface area contributed by atoms with Crippen molar-refractivity contribution in [3.8, 4) is 0 Å². The van der Waals surface area contributed by atoms with Crippen molar-refractivity contribution in [3.05, 3.63) is 20.2 Å². The Morgan fingerprint density at radius 2 is 1.46 bits per heavy atom. The van der Waals surface area contributed by atoms with Crippen molar-refractivity contribution >= 4 is 0 Å². The van der Waals surface area contributed by atoms with Crippen LogP contribution in [0.25, 0.3) is 0 Å². The molecule has 1 rings (SSSR count). The van der Waals surface area contributed by atoms with E-state index < -0.39 is 16.2 Å². The maximum Gasteiger partial charge on any atom is 0.374 e. The third-order valence-electron chi connectivity index (χ3n) is 1.25. The van der Waals surface area contributed by atoms with Crippen molar-refractivity contribution in [1.29, 1.82) is 0 Å². The van der Waals surface area contributed by atoms with Gasteiger partial charge in [0.2, 0.25) is 0 Å². The van der Waals surface area contributed by atoms with Crippen molar-refractivity contribution in [2.75, 3.05) is 13.1 Å². The predicted molar refractivity (Wildman–Crippen MR) is 34.9 cm³/mol.